The molecule has 1 amide bonds. The van der Waals surface area contributed by atoms with Gasteiger partial charge in [0.15, 0.2) is 10.8 Å². The van der Waals surface area contributed by atoms with Crippen LogP contribution in [0.5, 0.6) is 0 Å². The average Bonchev–Trinajstić information content (AvgIpc) is 2.96. The molecule has 0 saturated heterocycles. The fourth-order valence-corrected chi connectivity index (χ4v) is 3.07. The van der Waals surface area contributed by atoms with Gasteiger partial charge in [0, 0.05) is 10.7 Å². The predicted molar refractivity (Wildman–Crippen MR) is 103 cm³/mol. The second-order valence-corrected chi connectivity index (χ2v) is 6.81. The lowest BCUT2D eigenvalue weighted by Gasteiger charge is -2.06. The summed E-state index contributed by atoms with van der Waals surface area (Å²) in [6.45, 7) is 1.67. The van der Waals surface area contributed by atoms with E-state index in [1.807, 2.05) is 0 Å². The van der Waals surface area contributed by atoms with Gasteiger partial charge in [-0.15, -0.1) is 11.3 Å². The average molecular weight is 396 g/mol. The largest absolute Gasteiger partial charge is 0.387 e. The SMILES string of the molecule is Cc1nc(C(N)=S)sc1C(=O)CC(=NN)C(=O)Nc1ccc(Cl)cc1. The Balaban J connectivity index is 2.10. The molecule has 0 aliphatic carbocycles. The number of Topliss-reactive ketones (excluding diaryl/α,β-unsaturated/α-hetero) is 1. The van der Waals surface area contributed by atoms with Gasteiger partial charge in [-0.3, -0.25) is 9.59 Å². The van der Waals surface area contributed by atoms with E-state index in [9.17, 15) is 9.59 Å². The van der Waals surface area contributed by atoms with Gasteiger partial charge in [0.1, 0.15) is 10.7 Å². The number of anilines is 1. The number of nitrogens with two attached hydrogens (primary N) is 2. The summed E-state index contributed by atoms with van der Waals surface area (Å²) in [7, 11) is 0. The van der Waals surface area contributed by atoms with E-state index in [0.29, 0.717) is 26.3 Å². The molecule has 25 heavy (non-hydrogen) atoms. The lowest BCUT2D eigenvalue weighted by molar-refractivity contribution is -0.110. The molecule has 2 aromatic rings. The summed E-state index contributed by atoms with van der Waals surface area (Å²) in [5.74, 6) is 4.36. The molecular weight excluding hydrogens is 382 g/mol. The van der Waals surface area contributed by atoms with Crippen molar-refractivity contribution < 1.29 is 9.59 Å². The fourth-order valence-electron chi connectivity index (χ4n) is 1.91. The van der Waals surface area contributed by atoms with Crippen LogP contribution in [0.2, 0.25) is 5.02 Å². The van der Waals surface area contributed by atoms with Gasteiger partial charge in [-0.1, -0.05) is 23.8 Å². The van der Waals surface area contributed by atoms with E-state index in [1.54, 1.807) is 31.2 Å². The first kappa shape index (κ1) is 19.0. The van der Waals surface area contributed by atoms with Crippen LogP contribution in [0.4, 0.5) is 5.69 Å². The summed E-state index contributed by atoms with van der Waals surface area (Å²) in [6.07, 6.45) is -0.268. The van der Waals surface area contributed by atoms with Crippen LogP contribution in [0.25, 0.3) is 0 Å². The van der Waals surface area contributed by atoms with Crippen LogP contribution in [-0.2, 0) is 4.79 Å². The van der Waals surface area contributed by atoms with E-state index >= 15 is 0 Å². The molecule has 5 N–H and O–H groups in total. The van der Waals surface area contributed by atoms with Crippen molar-refractivity contribution in [2.24, 2.45) is 16.7 Å². The van der Waals surface area contributed by atoms with Crippen LogP contribution in [0.3, 0.4) is 0 Å². The highest BCUT2D eigenvalue weighted by Crippen LogP contribution is 2.20. The van der Waals surface area contributed by atoms with Gasteiger partial charge < -0.3 is 16.9 Å². The van der Waals surface area contributed by atoms with E-state index in [1.165, 1.54) is 0 Å². The molecule has 0 fully saturated rings. The van der Waals surface area contributed by atoms with Crippen LogP contribution in [-0.4, -0.2) is 27.4 Å². The number of aryl methyl sites for hydroxylation is 1. The van der Waals surface area contributed by atoms with Gasteiger partial charge in [-0.05, 0) is 31.2 Å². The molecule has 0 spiro atoms. The van der Waals surface area contributed by atoms with Gasteiger partial charge in [-0.2, -0.15) is 5.10 Å². The van der Waals surface area contributed by atoms with Gasteiger partial charge in [0.2, 0.25) is 0 Å². The highest BCUT2D eigenvalue weighted by molar-refractivity contribution is 7.81. The van der Waals surface area contributed by atoms with Gasteiger partial charge in [0.05, 0.1) is 17.0 Å². The number of benzene rings is 1. The maximum atomic E-state index is 12.4. The minimum atomic E-state index is -0.574. The first-order valence-electron chi connectivity index (χ1n) is 6.96. The number of ketones is 1. The number of aromatic nitrogens is 1. The maximum Gasteiger partial charge on any atom is 0.272 e. The maximum absolute atomic E-state index is 12.4. The molecule has 1 heterocycles. The number of hydrogen-bond acceptors (Lipinski definition) is 7. The Morgan fingerprint density at radius 2 is 2.00 bits per heavy atom. The fraction of sp³-hybridized carbons (Fsp3) is 0.133. The molecule has 10 heteroatoms. The molecule has 0 atom stereocenters. The first-order valence-corrected chi connectivity index (χ1v) is 8.56. The van der Waals surface area contributed by atoms with Crippen LogP contribution in [0.15, 0.2) is 29.4 Å². The Morgan fingerprint density at radius 1 is 1.36 bits per heavy atom. The van der Waals surface area contributed by atoms with E-state index < -0.39 is 5.91 Å². The van der Waals surface area contributed by atoms with Crippen molar-refractivity contribution in [1.29, 1.82) is 0 Å². The lowest BCUT2D eigenvalue weighted by atomic mass is 10.1. The standard InChI is InChI=1S/C15H14ClN5O2S2/c1-7-12(25-15(19-7)13(17)24)11(22)6-10(21-18)14(23)20-9-4-2-8(16)3-5-9/h2-5H,6,18H2,1H3,(H2,17,24)(H,20,23). The summed E-state index contributed by atoms with van der Waals surface area (Å²) >= 11 is 11.7. The summed E-state index contributed by atoms with van der Waals surface area (Å²) in [5, 5.41) is 6.96. The van der Waals surface area contributed by atoms with E-state index in [2.05, 4.69) is 15.4 Å². The highest BCUT2D eigenvalue weighted by atomic mass is 35.5. The number of rotatable bonds is 6. The number of thiocarbonyl (C=S) groups is 1. The lowest BCUT2D eigenvalue weighted by Crippen LogP contribution is -2.26. The Hall–Kier alpha value is -2.36. The van der Waals surface area contributed by atoms with Gasteiger partial charge in [0.25, 0.3) is 5.91 Å². The third-order valence-electron chi connectivity index (χ3n) is 3.11. The topological polar surface area (TPSA) is 123 Å². The molecule has 0 bridgehead atoms. The number of hydrazone groups is 1. The van der Waals surface area contributed by atoms with Crippen molar-refractivity contribution in [1.82, 2.24) is 4.98 Å². The zero-order chi connectivity index (χ0) is 18.6. The van der Waals surface area contributed by atoms with Crippen molar-refractivity contribution in [3.63, 3.8) is 0 Å². The minimum Gasteiger partial charge on any atom is -0.387 e. The molecule has 1 aromatic carbocycles. The second kappa shape index (κ2) is 8.15. The summed E-state index contributed by atoms with van der Waals surface area (Å²) < 4.78 is 0. The number of carbonyl (C=O) groups is 2. The summed E-state index contributed by atoms with van der Waals surface area (Å²) in [6, 6.07) is 6.50. The van der Waals surface area contributed by atoms with Gasteiger partial charge in [-0.25, -0.2) is 4.98 Å². The van der Waals surface area contributed by atoms with Crippen molar-refractivity contribution >= 4 is 63.2 Å². The normalized spacial score (nSPS) is 11.2. The molecule has 0 saturated carbocycles. The predicted octanol–water partition coefficient (Wildman–Crippen LogP) is 2.27. The van der Waals surface area contributed by atoms with E-state index in [0.717, 1.165) is 11.3 Å². The Bertz CT molecular complexity index is 861. The van der Waals surface area contributed by atoms with Gasteiger partial charge >= 0.3 is 0 Å². The summed E-state index contributed by atoms with van der Waals surface area (Å²) in [5.41, 5.74) is 6.41. The number of carbonyl (C=O) groups excluding carboxylic acids is 2. The quantitative estimate of drug-likeness (QED) is 0.226. The number of nitrogens with zero attached hydrogens (tertiary/aromatic N) is 2. The molecule has 130 valence electrons. The first-order chi connectivity index (χ1) is 11.8. The third-order valence-corrected chi connectivity index (χ3v) is 4.91. The third kappa shape index (κ3) is 4.81. The molecule has 0 aliphatic rings. The second-order valence-electron chi connectivity index (χ2n) is 4.93. The van der Waals surface area contributed by atoms with E-state index in [4.69, 9.17) is 35.4 Å². The molecule has 1 aromatic heterocycles. The van der Waals surface area contributed by atoms with Crippen LogP contribution < -0.4 is 16.9 Å². The monoisotopic (exact) mass is 395 g/mol. The summed E-state index contributed by atoms with van der Waals surface area (Å²) in [4.78, 5) is 29.3. The van der Waals surface area contributed by atoms with Crippen LogP contribution in [0.1, 0.15) is 26.8 Å². The minimum absolute atomic E-state index is 0.107. The molecular formula is C15H14ClN5O2S2. The van der Waals surface area contributed by atoms with Crippen molar-refractivity contribution in [2.45, 2.75) is 13.3 Å². The number of hydrogen-bond donors (Lipinski definition) is 3. The van der Waals surface area contributed by atoms with Crippen LogP contribution in [0, 0.1) is 6.92 Å². The number of halogens is 1. The molecule has 7 nitrogen and oxygen atoms in total. The number of thiazole rings is 1. The number of amides is 1. The zero-order valence-electron chi connectivity index (χ0n) is 13.1. The van der Waals surface area contributed by atoms with Crippen molar-refractivity contribution in [3.8, 4) is 0 Å². The van der Waals surface area contributed by atoms with Crippen LogP contribution >= 0.6 is 35.2 Å². The van der Waals surface area contributed by atoms with Crippen molar-refractivity contribution in [3.05, 3.63) is 44.9 Å². The highest BCUT2D eigenvalue weighted by Gasteiger charge is 2.22. The van der Waals surface area contributed by atoms with Crippen molar-refractivity contribution in [2.75, 3.05) is 5.32 Å². The molecule has 0 aliphatic heterocycles. The molecule has 0 radical (unpaired) electrons. The Kier molecular flexibility index (Phi) is 6.18. The zero-order valence-corrected chi connectivity index (χ0v) is 15.5. The number of nitrogens with one attached hydrogen (secondary N) is 1. The molecule has 2 rings (SSSR count). The Morgan fingerprint density at radius 3 is 2.52 bits per heavy atom. The van der Waals surface area contributed by atoms with E-state index in [-0.39, 0.29) is 22.9 Å². The Labute approximate surface area is 158 Å². The molecule has 0 unspecified atom stereocenters. The smallest absolute Gasteiger partial charge is 0.272 e.